The normalized spacial score (nSPS) is 18.3. The lowest BCUT2D eigenvalue weighted by atomic mass is 10.0. The van der Waals surface area contributed by atoms with E-state index >= 15 is 0 Å². The molecule has 31 heavy (non-hydrogen) atoms. The van der Waals surface area contributed by atoms with Crippen molar-refractivity contribution in [3.8, 4) is 11.4 Å². The van der Waals surface area contributed by atoms with Gasteiger partial charge in [-0.2, -0.15) is 0 Å². The summed E-state index contributed by atoms with van der Waals surface area (Å²) in [4.78, 5) is 6.90. The smallest absolute Gasteiger partial charge is 0.170 e. The lowest BCUT2D eigenvalue weighted by Gasteiger charge is -2.29. The van der Waals surface area contributed by atoms with Gasteiger partial charge in [-0.15, -0.1) is 0 Å². The van der Waals surface area contributed by atoms with Gasteiger partial charge >= 0.3 is 0 Å². The van der Waals surface area contributed by atoms with E-state index in [1.54, 1.807) is 14.2 Å². The van der Waals surface area contributed by atoms with E-state index in [0.717, 1.165) is 40.9 Å². The Hall–Kier alpha value is -2.90. The van der Waals surface area contributed by atoms with E-state index in [-0.39, 0.29) is 12.1 Å². The maximum Gasteiger partial charge on any atom is 0.170 e. The summed E-state index contributed by atoms with van der Waals surface area (Å²) >= 11 is 5.76. The van der Waals surface area contributed by atoms with Crippen LogP contribution in [0.15, 0.2) is 60.8 Å². The fraction of sp³-hybridized carbons (Fsp3) is 0.333. The number of rotatable bonds is 8. The van der Waals surface area contributed by atoms with E-state index in [9.17, 15) is 0 Å². The fourth-order valence-corrected chi connectivity index (χ4v) is 4.55. The monoisotopic (exact) mass is 436 g/mol. The zero-order chi connectivity index (χ0) is 21.8. The molecule has 3 aromatic rings. The molecule has 0 radical (unpaired) electrons. The molecule has 1 aliphatic heterocycles. The van der Waals surface area contributed by atoms with Crippen LogP contribution in [-0.2, 0) is 4.74 Å². The minimum absolute atomic E-state index is 0.00931. The van der Waals surface area contributed by atoms with Gasteiger partial charge in [-0.1, -0.05) is 6.07 Å². The molecule has 0 spiro atoms. The zero-order valence-corrected chi connectivity index (χ0v) is 18.9. The van der Waals surface area contributed by atoms with E-state index in [1.807, 2.05) is 30.5 Å². The number of hydrogen-bond donors (Lipinski definition) is 1. The van der Waals surface area contributed by atoms with Gasteiger partial charge < -0.3 is 24.3 Å². The van der Waals surface area contributed by atoms with Crippen LogP contribution in [-0.4, -0.2) is 46.9 Å². The van der Waals surface area contributed by atoms with E-state index in [4.69, 9.17) is 21.7 Å². The first-order valence-electron chi connectivity index (χ1n) is 10.4. The van der Waals surface area contributed by atoms with Gasteiger partial charge in [0.05, 0.1) is 24.9 Å². The molecule has 0 unspecified atom stereocenters. The van der Waals surface area contributed by atoms with Crippen molar-refractivity contribution < 1.29 is 9.47 Å². The second-order valence-electron chi connectivity index (χ2n) is 7.60. The Bertz CT molecular complexity index is 1020. The summed E-state index contributed by atoms with van der Waals surface area (Å²) in [6.07, 6.45) is 2.73. The predicted molar refractivity (Wildman–Crippen MR) is 126 cm³/mol. The summed E-state index contributed by atoms with van der Waals surface area (Å²) < 4.78 is 12.9. The molecular formula is C24H28N4O2S. The highest BCUT2D eigenvalue weighted by Crippen LogP contribution is 2.40. The highest BCUT2D eigenvalue weighted by molar-refractivity contribution is 7.80. The van der Waals surface area contributed by atoms with Crippen LogP contribution in [0.5, 0.6) is 5.75 Å². The molecule has 1 saturated heterocycles. The first-order valence-corrected chi connectivity index (χ1v) is 10.8. The number of pyridine rings is 1. The number of hydrogen-bond acceptors (Lipinski definition) is 4. The highest BCUT2D eigenvalue weighted by atomic mass is 32.1. The Kier molecular flexibility index (Phi) is 6.53. The number of benzene rings is 1. The van der Waals surface area contributed by atoms with Crippen molar-refractivity contribution in [3.05, 3.63) is 77.9 Å². The van der Waals surface area contributed by atoms with E-state index in [1.165, 1.54) is 5.69 Å². The molecule has 0 bridgehead atoms. The Labute approximate surface area is 188 Å². The predicted octanol–water partition coefficient (Wildman–Crippen LogP) is 4.20. The SMILES string of the molecule is COCCCN1C(=S)N[C@H](c2ccccn2)[C@@H]1c1ccc(C)n1-c1ccc(OC)cc1. The molecule has 1 aromatic carbocycles. The van der Waals surface area contributed by atoms with Crippen molar-refractivity contribution >= 4 is 17.3 Å². The maximum absolute atomic E-state index is 5.76. The van der Waals surface area contributed by atoms with Crippen LogP contribution in [0.4, 0.5) is 0 Å². The third kappa shape index (κ3) is 4.29. The van der Waals surface area contributed by atoms with Gasteiger partial charge in [-0.05, 0) is 74.1 Å². The van der Waals surface area contributed by atoms with E-state index < -0.39 is 0 Å². The molecule has 2 aromatic heterocycles. The van der Waals surface area contributed by atoms with Crippen molar-refractivity contribution in [1.82, 2.24) is 19.8 Å². The molecule has 1 N–H and O–H groups in total. The average molecular weight is 437 g/mol. The number of aromatic nitrogens is 2. The highest BCUT2D eigenvalue weighted by Gasteiger charge is 2.41. The van der Waals surface area contributed by atoms with Gasteiger partial charge in [0.25, 0.3) is 0 Å². The van der Waals surface area contributed by atoms with Crippen LogP contribution in [0.1, 0.15) is 35.6 Å². The first-order chi connectivity index (χ1) is 15.1. The molecule has 7 heteroatoms. The largest absolute Gasteiger partial charge is 0.497 e. The number of thiocarbonyl (C=S) groups is 1. The Morgan fingerprint density at radius 1 is 1.06 bits per heavy atom. The quantitative estimate of drug-likeness (QED) is 0.422. The fourth-order valence-electron chi connectivity index (χ4n) is 4.22. The molecule has 2 atom stereocenters. The Morgan fingerprint density at radius 3 is 2.55 bits per heavy atom. The molecule has 6 nitrogen and oxygen atoms in total. The third-order valence-electron chi connectivity index (χ3n) is 5.69. The van der Waals surface area contributed by atoms with Gasteiger partial charge in [0, 0.05) is 43.5 Å². The first kappa shape index (κ1) is 21.3. The molecule has 1 aliphatic rings. The van der Waals surface area contributed by atoms with Gasteiger partial charge in [0.2, 0.25) is 0 Å². The van der Waals surface area contributed by atoms with Gasteiger partial charge in [0.1, 0.15) is 5.75 Å². The van der Waals surface area contributed by atoms with Gasteiger partial charge in [-0.3, -0.25) is 4.98 Å². The van der Waals surface area contributed by atoms with Crippen LogP contribution in [0.3, 0.4) is 0 Å². The minimum atomic E-state index is -0.0393. The van der Waals surface area contributed by atoms with Crippen LogP contribution >= 0.6 is 12.2 Å². The lowest BCUT2D eigenvalue weighted by Crippen LogP contribution is -2.32. The van der Waals surface area contributed by atoms with Crippen molar-refractivity contribution in [2.75, 3.05) is 27.4 Å². The number of aryl methyl sites for hydroxylation is 1. The van der Waals surface area contributed by atoms with E-state index in [0.29, 0.717) is 6.61 Å². The second-order valence-corrected chi connectivity index (χ2v) is 7.99. The third-order valence-corrected chi connectivity index (χ3v) is 6.04. The molecular weight excluding hydrogens is 408 g/mol. The summed E-state index contributed by atoms with van der Waals surface area (Å²) in [5.41, 5.74) is 4.40. The van der Waals surface area contributed by atoms with Gasteiger partial charge in [0.15, 0.2) is 5.11 Å². The Balaban J connectivity index is 1.78. The molecule has 0 saturated carbocycles. The molecule has 1 fully saturated rings. The van der Waals surface area contributed by atoms with Gasteiger partial charge in [-0.25, -0.2) is 0 Å². The van der Waals surface area contributed by atoms with Crippen LogP contribution in [0, 0.1) is 6.92 Å². The summed E-state index contributed by atoms with van der Waals surface area (Å²) in [6, 6.07) is 18.5. The number of nitrogens with one attached hydrogen (secondary N) is 1. The number of nitrogens with zero attached hydrogens (tertiary/aromatic N) is 3. The topological polar surface area (TPSA) is 51.5 Å². The molecule has 3 heterocycles. The van der Waals surface area contributed by atoms with E-state index in [2.05, 4.69) is 57.0 Å². The summed E-state index contributed by atoms with van der Waals surface area (Å²) in [6.45, 7) is 3.62. The summed E-state index contributed by atoms with van der Waals surface area (Å²) in [7, 11) is 3.41. The van der Waals surface area contributed by atoms with Crippen molar-refractivity contribution in [1.29, 1.82) is 0 Å². The molecule has 162 valence electrons. The lowest BCUT2D eigenvalue weighted by molar-refractivity contribution is 0.180. The minimum Gasteiger partial charge on any atom is -0.497 e. The van der Waals surface area contributed by atoms with Crippen LogP contribution in [0.2, 0.25) is 0 Å². The van der Waals surface area contributed by atoms with Crippen LogP contribution in [0.25, 0.3) is 5.69 Å². The Morgan fingerprint density at radius 2 is 1.87 bits per heavy atom. The average Bonchev–Trinajstić information content (AvgIpc) is 3.34. The number of methoxy groups -OCH3 is 2. The maximum atomic E-state index is 5.76. The zero-order valence-electron chi connectivity index (χ0n) is 18.1. The van der Waals surface area contributed by atoms with Crippen molar-refractivity contribution in [2.45, 2.75) is 25.4 Å². The second kappa shape index (κ2) is 9.49. The van der Waals surface area contributed by atoms with Crippen molar-refractivity contribution in [3.63, 3.8) is 0 Å². The standard InChI is InChI=1S/C24H28N4O2S/c1-17-8-13-21(28(17)18-9-11-19(30-3)12-10-18)23-22(20-7-4-5-14-25-20)26-24(31)27(23)15-6-16-29-2/h4-5,7-14,22-23H,6,15-16H2,1-3H3,(H,26,31)/t22-,23+/m1/s1. The number of ether oxygens (including phenoxy) is 2. The summed E-state index contributed by atoms with van der Waals surface area (Å²) in [5.74, 6) is 0.839. The summed E-state index contributed by atoms with van der Waals surface area (Å²) in [5, 5.41) is 4.27. The van der Waals surface area contributed by atoms with Crippen LogP contribution < -0.4 is 10.1 Å². The molecule has 4 rings (SSSR count). The van der Waals surface area contributed by atoms with Crippen molar-refractivity contribution in [2.24, 2.45) is 0 Å². The molecule has 0 amide bonds. The molecule has 0 aliphatic carbocycles.